The molecule has 0 spiro atoms. The van der Waals surface area contributed by atoms with Crippen LogP contribution in [-0.2, 0) is 11.2 Å². The van der Waals surface area contributed by atoms with Crippen molar-refractivity contribution in [3.05, 3.63) is 58.6 Å². The number of halogens is 1. The van der Waals surface area contributed by atoms with Crippen LogP contribution >= 0.6 is 11.6 Å². The van der Waals surface area contributed by atoms with Crippen molar-refractivity contribution in [2.45, 2.75) is 32.3 Å². The molecule has 0 saturated carbocycles. The van der Waals surface area contributed by atoms with Crippen LogP contribution in [0.5, 0.6) is 11.5 Å². The Balaban J connectivity index is 1.48. The number of carbonyl (C=O) groups excluding carboxylic acids is 2. The summed E-state index contributed by atoms with van der Waals surface area (Å²) < 4.78 is 11.3. The van der Waals surface area contributed by atoms with Crippen LogP contribution in [0.15, 0.2) is 42.5 Å². The zero-order chi connectivity index (χ0) is 19.4. The van der Waals surface area contributed by atoms with Crippen molar-refractivity contribution < 1.29 is 19.1 Å². The van der Waals surface area contributed by atoms with Crippen LogP contribution in [-0.4, -0.2) is 30.4 Å². The molecule has 3 rings (SSSR count). The fraction of sp³-hybridized carbons (Fsp3) is 0.333. The molecule has 1 N–H and O–H groups in total. The molecule has 5 nitrogen and oxygen atoms in total. The van der Waals surface area contributed by atoms with Crippen molar-refractivity contribution in [2.24, 2.45) is 0 Å². The second-order valence-corrected chi connectivity index (χ2v) is 7.57. The van der Waals surface area contributed by atoms with Crippen LogP contribution in [0.1, 0.15) is 36.2 Å². The van der Waals surface area contributed by atoms with Gasteiger partial charge in [0.15, 0.2) is 12.4 Å². The average molecular weight is 388 g/mol. The molecule has 2 aromatic rings. The molecule has 6 heteroatoms. The van der Waals surface area contributed by atoms with E-state index in [9.17, 15) is 9.59 Å². The number of hydrogen-bond donors (Lipinski definition) is 1. The number of amides is 1. The molecule has 0 aromatic heterocycles. The minimum Gasteiger partial charge on any atom is -0.487 e. The molecule has 0 saturated heterocycles. The highest BCUT2D eigenvalue weighted by Crippen LogP contribution is 2.35. The molecule has 0 bridgehead atoms. The summed E-state index contributed by atoms with van der Waals surface area (Å²) in [7, 11) is 0. The van der Waals surface area contributed by atoms with Crippen LogP contribution in [0.2, 0.25) is 5.02 Å². The molecule has 0 fully saturated rings. The third kappa shape index (κ3) is 5.23. The van der Waals surface area contributed by atoms with Crippen LogP contribution < -0.4 is 14.8 Å². The van der Waals surface area contributed by atoms with Gasteiger partial charge in [-0.05, 0) is 56.2 Å². The molecule has 142 valence electrons. The van der Waals surface area contributed by atoms with E-state index in [0.29, 0.717) is 41.5 Å². The fourth-order valence-corrected chi connectivity index (χ4v) is 3.04. The number of nitrogens with one attached hydrogen (secondary N) is 1. The van der Waals surface area contributed by atoms with E-state index < -0.39 is 5.60 Å². The number of benzene rings is 2. The summed E-state index contributed by atoms with van der Waals surface area (Å²) >= 11 is 5.85. The van der Waals surface area contributed by atoms with Gasteiger partial charge < -0.3 is 14.8 Å². The van der Waals surface area contributed by atoms with E-state index in [4.69, 9.17) is 21.1 Å². The predicted octanol–water partition coefficient (Wildman–Crippen LogP) is 3.82. The van der Waals surface area contributed by atoms with Crippen LogP contribution in [0.4, 0.5) is 0 Å². The highest BCUT2D eigenvalue weighted by Gasteiger charge is 2.32. The van der Waals surface area contributed by atoms with E-state index in [1.165, 1.54) is 0 Å². The van der Waals surface area contributed by atoms with Crippen molar-refractivity contribution >= 4 is 23.3 Å². The zero-order valence-corrected chi connectivity index (χ0v) is 16.1. The monoisotopic (exact) mass is 387 g/mol. The SMILES string of the molecule is CC1(C)CC(=O)c2cc(OCC(=O)NCCc3ccc(Cl)cc3)ccc2O1. The highest BCUT2D eigenvalue weighted by atomic mass is 35.5. The molecule has 0 atom stereocenters. The smallest absolute Gasteiger partial charge is 0.257 e. The lowest BCUT2D eigenvalue weighted by molar-refractivity contribution is -0.123. The van der Waals surface area contributed by atoms with Crippen LogP contribution in [0, 0.1) is 0 Å². The van der Waals surface area contributed by atoms with E-state index in [2.05, 4.69) is 5.32 Å². The maximum Gasteiger partial charge on any atom is 0.257 e. The molecule has 1 aliphatic heterocycles. The number of ether oxygens (including phenoxy) is 2. The summed E-state index contributed by atoms with van der Waals surface area (Å²) in [4.78, 5) is 24.2. The number of hydrogen-bond acceptors (Lipinski definition) is 4. The molecule has 0 unspecified atom stereocenters. The molecule has 1 amide bonds. The van der Waals surface area contributed by atoms with Gasteiger partial charge in [-0.25, -0.2) is 0 Å². The number of Topliss-reactive ketones (excluding diaryl/α,β-unsaturated/α-hetero) is 1. The van der Waals surface area contributed by atoms with Gasteiger partial charge >= 0.3 is 0 Å². The normalized spacial score (nSPS) is 14.9. The largest absolute Gasteiger partial charge is 0.487 e. The van der Waals surface area contributed by atoms with E-state index in [1.54, 1.807) is 18.2 Å². The molecule has 1 aliphatic rings. The topological polar surface area (TPSA) is 64.6 Å². The number of carbonyl (C=O) groups is 2. The Hall–Kier alpha value is -2.53. The third-order valence-electron chi connectivity index (χ3n) is 4.24. The standard InChI is InChI=1S/C21H22ClNO4/c1-21(2)12-18(24)17-11-16(7-8-19(17)27-21)26-13-20(25)23-10-9-14-3-5-15(22)6-4-14/h3-8,11H,9-10,12-13H2,1-2H3,(H,23,25). The first-order valence-corrected chi connectivity index (χ1v) is 9.20. The van der Waals surface area contributed by atoms with E-state index in [0.717, 1.165) is 5.56 Å². The predicted molar refractivity (Wildman–Crippen MR) is 104 cm³/mol. The summed E-state index contributed by atoms with van der Waals surface area (Å²) in [5, 5.41) is 3.50. The fourth-order valence-electron chi connectivity index (χ4n) is 2.92. The lowest BCUT2D eigenvalue weighted by Gasteiger charge is -2.31. The van der Waals surface area contributed by atoms with Crippen molar-refractivity contribution in [3.8, 4) is 11.5 Å². The maximum atomic E-state index is 12.3. The van der Waals surface area contributed by atoms with Crippen LogP contribution in [0.25, 0.3) is 0 Å². The Labute approximate surface area is 163 Å². The number of rotatable bonds is 6. The summed E-state index contributed by atoms with van der Waals surface area (Å²) in [6.45, 7) is 4.16. The van der Waals surface area contributed by atoms with Gasteiger partial charge in [0.25, 0.3) is 5.91 Å². The molecular formula is C21H22ClNO4. The highest BCUT2D eigenvalue weighted by molar-refractivity contribution is 6.30. The first-order chi connectivity index (χ1) is 12.8. The first kappa shape index (κ1) is 19.2. The van der Waals surface area contributed by atoms with Crippen molar-refractivity contribution in [2.75, 3.05) is 13.2 Å². The van der Waals surface area contributed by atoms with Gasteiger partial charge in [-0.15, -0.1) is 0 Å². The van der Waals surface area contributed by atoms with Gasteiger partial charge in [-0.3, -0.25) is 9.59 Å². The Kier molecular flexibility index (Phi) is 5.71. The molecule has 27 heavy (non-hydrogen) atoms. The molecule has 0 radical (unpaired) electrons. The number of ketones is 1. The second-order valence-electron chi connectivity index (χ2n) is 7.13. The Morgan fingerprint density at radius 2 is 1.96 bits per heavy atom. The summed E-state index contributed by atoms with van der Waals surface area (Å²) in [6, 6.07) is 12.6. The molecule has 1 heterocycles. The van der Waals surface area contributed by atoms with Gasteiger partial charge in [-0.1, -0.05) is 23.7 Å². The lowest BCUT2D eigenvalue weighted by Crippen LogP contribution is -2.35. The van der Waals surface area contributed by atoms with Gasteiger partial charge in [-0.2, -0.15) is 0 Å². The summed E-state index contributed by atoms with van der Waals surface area (Å²) in [5.74, 6) is 0.818. The Bertz CT molecular complexity index is 846. The lowest BCUT2D eigenvalue weighted by atomic mass is 9.93. The van der Waals surface area contributed by atoms with Gasteiger partial charge in [0, 0.05) is 11.6 Å². The van der Waals surface area contributed by atoms with Crippen LogP contribution in [0.3, 0.4) is 0 Å². The third-order valence-corrected chi connectivity index (χ3v) is 4.49. The van der Waals surface area contributed by atoms with Gasteiger partial charge in [0.1, 0.15) is 17.1 Å². The summed E-state index contributed by atoms with van der Waals surface area (Å²) in [6.07, 6.45) is 1.03. The van der Waals surface area contributed by atoms with Crippen molar-refractivity contribution in [1.82, 2.24) is 5.32 Å². The molecule has 0 aliphatic carbocycles. The van der Waals surface area contributed by atoms with E-state index in [1.807, 2.05) is 38.1 Å². The van der Waals surface area contributed by atoms with E-state index >= 15 is 0 Å². The number of fused-ring (bicyclic) bond motifs is 1. The average Bonchev–Trinajstić information content (AvgIpc) is 2.61. The molecular weight excluding hydrogens is 366 g/mol. The maximum absolute atomic E-state index is 12.3. The second kappa shape index (κ2) is 8.01. The van der Waals surface area contributed by atoms with E-state index in [-0.39, 0.29) is 18.3 Å². The van der Waals surface area contributed by atoms with Gasteiger partial charge in [0.05, 0.1) is 12.0 Å². The summed E-state index contributed by atoms with van der Waals surface area (Å²) in [5.41, 5.74) is 1.09. The molecule has 2 aromatic carbocycles. The van der Waals surface area contributed by atoms with Crippen molar-refractivity contribution in [3.63, 3.8) is 0 Å². The minimum atomic E-state index is -0.504. The first-order valence-electron chi connectivity index (χ1n) is 8.83. The Morgan fingerprint density at radius 1 is 1.22 bits per heavy atom. The quantitative estimate of drug-likeness (QED) is 0.818. The zero-order valence-electron chi connectivity index (χ0n) is 15.4. The minimum absolute atomic E-state index is 0.0131. The van der Waals surface area contributed by atoms with Crippen molar-refractivity contribution in [1.29, 1.82) is 0 Å². The van der Waals surface area contributed by atoms with Gasteiger partial charge in [0.2, 0.25) is 0 Å². The Morgan fingerprint density at radius 3 is 2.70 bits per heavy atom.